The second kappa shape index (κ2) is 9.45. The molecule has 7 heteroatoms. The van der Waals surface area contributed by atoms with Crippen molar-refractivity contribution in [1.82, 2.24) is 10.2 Å². The van der Waals surface area contributed by atoms with Crippen molar-refractivity contribution in [2.45, 2.75) is 6.04 Å². The number of anilines is 1. The third kappa shape index (κ3) is 4.88. The lowest BCUT2D eigenvalue weighted by atomic mass is 10.1. The standard InChI is InChI=1S/C22H18ClN3O2.ClH/c1-27-19-12-6-11-18(14-19)24-20(16-9-5-10-17(23)13-16)22-26-25-21(28-22)15-7-3-2-4-8-15;/h2-14,20,24H,1H3;1H. The topological polar surface area (TPSA) is 60.2 Å². The van der Waals surface area contributed by atoms with Crippen LogP contribution in [0.1, 0.15) is 17.5 Å². The minimum absolute atomic E-state index is 0. The second-order valence-corrected chi connectivity index (χ2v) is 6.61. The first-order valence-corrected chi connectivity index (χ1v) is 9.15. The summed E-state index contributed by atoms with van der Waals surface area (Å²) < 4.78 is 11.3. The Morgan fingerprint density at radius 1 is 0.931 bits per heavy atom. The van der Waals surface area contributed by atoms with Gasteiger partial charge in [-0.2, -0.15) is 0 Å². The van der Waals surface area contributed by atoms with E-state index in [9.17, 15) is 0 Å². The van der Waals surface area contributed by atoms with E-state index in [0.717, 1.165) is 22.6 Å². The molecule has 0 spiro atoms. The minimum Gasteiger partial charge on any atom is -0.497 e. The highest BCUT2D eigenvalue weighted by atomic mass is 35.5. The molecule has 0 aliphatic heterocycles. The van der Waals surface area contributed by atoms with Crippen LogP contribution in [0.2, 0.25) is 5.02 Å². The van der Waals surface area contributed by atoms with E-state index in [2.05, 4.69) is 15.5 Å². The molecule has 0 aliphatic rings. The normalized spacial score (nSPS) is 11.4. The molecule has 0 saturated heterocycles. The number of halogens is 2. The molecule has 1 heterocycles. The first kappa shape index (κ1) is 20.7. The minimum atomic E-state index is -0.365. The Labute approximate surface area is 180 Å². The molecule has 0 aliphatic carbocycles. The monoisotopic (exact) mass is 427 g/mol. The van der Waals surface area contributed by atoms with Crippen LogP contribution < -0.4 is 10.1 Å². The van der Waals surface area contributed by atoms with Crippen LogP contribution in [0.3, 0.4) is 0 Å². The molecule has 1 N–H and O–H groups in total. The third-order valence-electron chi connectivity index (χ3n) is 4.27. The van der Waals surface area contributed by atoms with Crippen molar-refractivity contribution >= 4 is 29.7 Å². The van der Waals surface area contributed by atoms with Crippen LogP contribution in [0.25, 0.3) is 11.5 Å². The van der Waals surface area contributed by atoms with Crippen LogP contribution >= 0.6 is 24.0 Å². The van der Waals surface area contributed by atoms with Gasteiger partial charge in [0.25, 0.3) is 0 Å². The van der Waals surface area contributed by atoms with Crippen molar-refractivity contribution < 1.29 is 9.15 Å². The molecule has 5 nitrogen and oxygen atoms in total. The van der Waals surface area contributed by atoms with Crippen molar-refractivity contribution in [3.63, 3.8) is 0 Å². The van der Waals surface area contributed by atoms with E-state index in [0.29, 0.717) is 16.8 Å². The van der Waals surface area contributed by atoms with Gasteiger partial charge in [-0.1, -0.05) is 48.0 Å². The predicted molar refractivity (Wildman–Crippen MR) is 117 cm³/mol. The first-order valence-electron chi connectivity index (χ1n) is 8.78. The smallest absolute Gasteiger partial charge is 0.247 e. The SMILES string of the molecule is COc1cccc(NC(c2cccc(Cl)c2)c2nnc(-c3ccccc3)o2)c1.Cl. The van der Waals surface area contributed by atoms with E-state index in [1.165, 1.54) is 0 Å². The summed E-state index contributed by atoms with van der Waals surface area (Å²) in [6.45, 7) is 0. The predicted octanol–water partition coefficient (Wildman–Crippen LogP) is 6.02. The summed E-state index contributed by atoms with van der Waals surface area (Å²) in [6, 6.07) is 24.5. The highest BCUT2D eigenvalue weighted by molar-refractivity contribution is 6.30. The lowest BCUT2D eigenvalue weighted by Crippen LogP contribution is -2.13. The Kier molecular flexibility index (Phi) is 6.75. The van der Waals surface area contributed by atoms with Gasteiger partial charge in [0.05, 0.1) is 7.11 Å². The van der Waals surface area contributed by atoms with E-state index in [4.69, 9.17) is 20.8 Å². The fraction of sp³-hybridized carbons (Fsp3) is 0.0909. The van der Waals surface area contributed by atoms with Gasteiger partial charge < -0.3 is 14.5 Å². The largest absolute Gasteiger partial charge is 0.497 e. The number of ether oxygens (including phenoxy) is 1. The van der Waals surface area contributed by atoms with Crippen molar-refractivity contribution in [1.29, 1.82) is 0 Å². The van der Waals surface area contributed by atoms with Crippen LogP contribution in [0.15, 0.2) is 83.3 Å². The molecule has 1 atom stereocenters. The molecule has 4 rings (SSSR count). The molecule has 0 bridgehead atoms. The summed E-state index contributed by atoms with van der Waals surface area (Å²) in [7, 11) is 1.64. The Morgan fingerprint density at radius 2 is 1.72 bits per heavy atom. The molecule has 0 radical (unpaired) electrons. The number of aromatic nitrogens is 2. The van der Waals surface area contributed by atoms with E-state index < -0.39 is 0 Å². The average molecular weight is 428 g/mol. The second-order valence-electron chi connectivity index (χ2n) is 6.18. The van der Waals surface area contributed by atoms with E-state index in [-0.39, 0.29) is 18.4 Å². The van der Waals surface area contributed by atoms with E-state index >= 15 is 0 Å². The quantitative estimate of drug-likeness (QED) is 0.407. The van der Waals surface area contributed by atoms with Gasteiger partial charge in [-0.3, -0.25) is 0 Å². The molecule has 148 valence electrons. The van der Waals surface area contributed by atoms with Crippen LogP contribution in [-0.4, -0.2) is 17.3 Å². The Hall–Kier alpha value is -3.02. The van der Waals surface area contributed by atoms with Crippen LogP contribution in [0, 0.1) is 0 Å². The van der Waals surface area contributed by atoms with E-state index in [1.807, 2.05) is 78.9 Å². The molecule has 1 aromatic heterocycles. The average Bonchev–Trinajstić information content (AvgIpc) is 3.23. The van der Waals surface area contributed by atoms with Gasteiger partial charge >= 0.3 is 0 Å². The summed E-state index contributed by atoms with van der Waals surface area (Å²) in [5.41, 5.74) is 2.65. The summed E-state index contributed by atoms with van der Waals surface area (Å²) >= 11 is 6.21. The van der Waals surface area contributed by atoms with E-state index in [1.54, 1.807) is 7.11 Å². The molecule has 0 amide bonds. The Bertz CT molecular complexity index is 1070. The van der Waals surface area contributed by atoms with Gasteiger partial charge in [0.1, 0.15) is 11.8 Å². The molecule has 0 saturated carbocycles. The van der Waals surface area contributed by atoms with Crippen molar-refractivity contribution in [2.24, 2.45) is 0 Å². The van der Waals surface area contributed by atoms with Gasteiger partial charge in [0.2, 0.25) is 11.8 Å². The number of rotatable bonds is 6. The Morgan fingerprint density at radius 3 is 2.48 bits per heavy atom. The molecule has 3 aromatic carbocycles. The lowest BCUT2D eigenvalue weighted by molar-refractivity contribution is 0.415. The molecular weight excluding hydrogens is 409 g/mol. The number of nitrogens with zero attached hydrogens (tertiary/aromatic N) is 2. The molecule has 0 fully saturated rings. The third-order valence-corrected chi connectivity index (χ3v) is 4.51. The highest BCUT2D eigenvalue weighted by Gasteiger charge is 2.22. The van der Waals surface area contributed by atoms with Crippen molar-refractivity contribution in [2.75, 3.05) is 12.4 Å². The fourth-order valence-corrected chi connectivity index (χ4v) is 3.10. The highest BCUT2D eigenvalue weighted by Crippen LogP contribution is 2.30. The maximum atomic E-state index is 6.21. The summed E-state index contributed by atoms with van der Waals surface area (Å²) in [5.74, 6) is 1.67. The number of methoxy groups -OCH3 is 1. The number of nitrogens with one attached hydrogen (secondary N) is 1. The van der Waals surface area contributed by atoms with Crippen LogP contribution in [0.5, 0.6) is 5.75 Å². The summed E-state index contributed by atoms with van der Waals surface area (Å²) in [6.07, 6.45) is 0. The zero-order chi connectivity index (χ0) is 19.3. The maximum Gasteiger partial charge on any atom is 0.247 e. The van der Waals surface area contributed by atoms with Gasteiger partial charge in [-0.25, -0.2) is 0 Å². The first-order chi connectivity index (χ1) is 13.7. The zero-order valence-corrected chi connectivity index (χ0v) is 17.2. The zero-order valence-electron chi connectivity index (χ0n) is 15.6. The van der Waals surface area contributed by atoms with Gasteiger partial charge in [-0.05, 0) is 42.0 Å². The maximum absolute atomic E-state index is 6.21. The van der Waals surface area contributed by atoms with Gasteiger partial charge in [-0.15, -0.1) is 22.6 Å². The van der Waals surface area contributed by atoms with Gasteiger partial charge in [0, 0.05) is 22.3 Å². The molecule has 4 aromatic rings. The number of hydrogen-bond acceptors (Lipinski definition) is 5. The molecular formula is C22H19Cl2N3O2. The lowest BCUT2D eigenvalue weighted by Gasteiger charge is -2.17. The van der Waals surface area contributed by atoms with Crippen LogP contribution in [-0.2, 0) is 0 Å². The molecule has 29 heavy (non-hydrogen) atoms. The summed E-state index contributed by atoms with van der Waals surface area (Å²) in [5, 5.41) is 12.6. The fourth-order valence-electron chi connectivity index (χ4n) is 2.90. The number of benzene rings is 3. The van der Waals surface area contributed by atoms with Crippen molar-refractivity contribution in [3.05, 3.63) is 95.3 Å². The summed E-state index contributed by atoms with van der Waals surface area (Å²) in [4.78, 5) is 0. The van der Waals surface area contributed by atoms with Gasteiger partial charge in [0.15, 0.2) is 0 Å². The van der Waals surface area contributed by atoms with Crippen molar-refractivity contribution in [3.8, 4) is 17.2 Å². The number of hydrogen-bond donors (Lipinski definition) is 1. The molecule has 1 unspecified atom stereocenters. The van der Waals surface area contributed by atoms with Crippen LogP contribution in [0.4, 0.5) is 5.69 Å². The Balaban J connectivity index is 0.00000240.